The molecule has 1 atom stereocenters. The number of carboxylic acids is 1. The third-order valence-electron chi connectivity index (χ3n) is 3.26. The maximum Gasteiger partial charge on any atom is 0.304 e. The molecule has 0 spiro atoms. The third kappa shape index (κ3) is 3.94. The first kappa shape index (κ1) is 13.8. The highest BCUT2D eigenvalue weighted by molar-refractivity contribution is 5.66. The van der Waals surface area contributed by atoms with Crippen molar-refractivity contribution in [2.45, 2.75) is 12.5 Å². The van der Waals surface area contributed by atoms with Gasteiger partial charge in [-0.1, -0.05) is 12.1 Å². The molecule has 2 rings (SSSR count). The Kier molecular flexibility index (Phi) is 4.76. The lowest BCUT2D eigenvalue weighted by Gasteiger charge is -2.32. The molecular weight excluding hydrogens is 246 g/mol. The SMILES string of the molecule is COc1cccc(C2CN(CCC(=O)O)CCO2)c1. The van der Waals surface area contributed by atoms with E-state index in [2.05, 4.69) is 4.90 Å². The summed E-state index contributed by atoms with van der Waals surface area (Å²) in [5.74, 6) is 0.0492. The van der Waals surface area contributed by atoms with Crippen LogP contribution < -0.4 is 4.74 Å². The highest BCUT2D eigenvalue weighted by atomic mass is 16.5. The normalized spacial score (nSPS) is 20.2. The average Bonchev–Trinajstić information content (AvgIpc) is 2.45. The zero-order valence-corrected chi connectivity index (χ0v) is 11.0. The number of ether oxygens (including phenoxy) is 2. The summed E-state index contributed by atoms with van der Waals surface area (Å²) >= 11 is 0. The standard InChI is InChI=1S/C14H19NO4/c1-18-12-4-2-3-11(9-12)13-10-15(7-8-19-13)6-5-14(16)17/h2-4,9,13H,5-8,10H2,1H3,(H,16,17). The van der Waals surface area contributed by atoms with Crippen molar-refractivity contribution in [3.8, 4) is 5.75 Å². The van der Waals surface area contributed by atoms with Crippen molar-refractivity contribution in [1.29, 1.82) is 0 Å². The van der Waals surface area contributed by atoms with E-state index in [1.807, 2.05) is 24.3 Å². The Morgan fingerprint density at radius 3 is 3.16 bits per heavy atom. The number of hydrogen-bond donors (Lipinski definition) is 1. The third-order valence-corrected chi connectivity index (χ3v) is 3.26. The Morgan fingerprint density at radius 1 is 1.58 bits per heavy atom. The Hall–Kier alpha value is -1.59. The molecule has 5 nitrogen and oxygen atoms in total. The van der Waals surface area contributed by atoms with Crippen molar-refractivity contribution in [2.24, 2.45) is 0 Å². The molecule has 0 radical (unpaired) electrons. The molecule has 1 aliphatic heterocycles. The predicted molar refractivity (Wildman–Crippen MR) is 70.4 cm³/mol. The molecule has 5 heteroatoms. The molecule has 1 aromatic rings. The summed E-state index contributed by atoms with van der Waals surface area (Å²) in [6, 6.07) is 7.81. The summed E-state index contributed by atoms with van der Waals surface area (Å²) in [6.45, 7) is 2.70. The number of carbonyl (C=O) groups is 1. The minimum Gasteiger partial charge on any atom is -0.497 e. The van der Waals surface area contributed by atoms with Crippen LogP contribution in [0.3, 0.4) is 0 Å². The molecule has 1 unspecified atom stereocenters. The van der Waals surface area contributed by atoms with Gasteiger partial charge >= 0.3 is 5.97 Å². The molecule has 0 saturated carbocycles. The van der Waals surface area contributed by atoms with E-state index < -0.39 is 5.97 Å². The highest BCUT2D eigenvalue weighted by Gasteiger charge is 2.22. The van der Waals surface area contributed by atoms with Crippen molar-refractivity contribution in [1.82, 2.24) is 4.90 Å². The number of carboxylic acid groups (broad SMARTS) is 1. The first-order valence-electron chi connectivity index (χ1n) is 6.39. The van der Waals surface area contributed by atoms with Crippen molar-refractivity contribution in [3.63, 3.8) is 0 Å². The van der Waals surface area contributed by atoms with Gasteiger partial charge in [0.05, 0.1) is 26.2 Å². The van der Waals surface area contributed by atoms with Gasteiger partial charge in [0.25, 0.3) is 0 Å². The minimum absolute atomic E-state index is 0.0161. The van der Waals surface area contributed by atoms with E-state index in [1.165, 1.54) is 0 Å². The van der Waals surface area contributed by atoms with Crippen LogP contribution in [0.15, 0.2) is 24.3 Å². The van der Waals surface area contributed by atoms with Gasteiger partial charge in [-0.25, -0.2) is 0 Å². The summed E-state index contributed by atoms with van der Waals surface area (Å²) < 4.78 is 11.0. The Morgan fingerprint density at radius 2 is 2.42 bits per heavy atom. The number of aliphatic carboxylic acids is 1. The molecule has 0 amide bonds. The number of rotatable bonds is 5. The Balaban J connectivity index is 1.97. The van der Waals surface area contributed by atoms with E-state index in [9.17, 15) is 4.79 Å². The fourth-order valence-corrected chi connectivity index (χ4v) is 2.20. The highest BCUT2D eigenvalue weighted by Crippen LogP contribution is 2.25. The fraction of sp³-hybridized carbons (Fsp3) is 0.500. The predicted octanol–water partition coefficient (Wildman–Crippen LogP) is 1.54. The summed E-state index contributed by atoms with van der Waals surface area (Å²) in [4.78, 5) is 12.7. The molecule has 1 N–H and O–H groups in total. The Bertz CT molecular complexity index is 435. The largest absolute Gasteiger partial charge is 0.497 e. The van der Waals surface area contributed by atoms with Crippen LogP contribution in [-0.4, -0.2) is 49.3 Å². The van der Waals surface area contributed by atoms with E-state index in [1.54, 1.807) is 7.11 Å². The van der Waals surface area contributed by atoms with Crippen LogP contribution in [0.2, 0.25) is 0 Å². The minimum atomic E-state index is -0.760. The molecule has 104 valence electrons. The number of benzene rings is 1. The quantitative estimate of drug-likeness (QED) is 0.875. The first-order chi connectivity index (χ1) is 9.19. The van der Waals surface area contributed by atoms with Crippen molar-refractivity contribution >= 4 is 5.97 Å². The van der Waals surface area contributed by atoms with Gasteiger partial charge in [0.2, 0.25) is 0 Å². The van der Waals surface area contributed by atoms with E-state index in [4.69, 9.17) is 14.6 Å². The summed E-state index contributed by atoms with van der Waals surface area (Å²) in [6.07, 6.45) is 0.155. The fourth-order valence-electron chi connectivity index (χ4n) is 2.20. The van der Waals surface area contributed by atoms with E-state index in [0.717, 1.165) is 24.4 Å². The topological polar surface area (TPSA) is 59.0 Å². The summed E-state index contributed by atoms with van der Waals surface area (Å²) in [5, 5.41) is 8.72. The average molecular weight is 265 g/mol. The first-order valence-corrected chi connectivity index (χ1v) is 6.39. The molecule has 1 saturated heterocycles. The van der Waals surface area contributed by atoms with Gasteiger partial charge in [0.1, 0.15) is 5.75 Å². The monoisotopic (exact) mass is 265 g/mol. The van der Waals surface area contributed by atoms with Gasteiger partial charge in [-0.2, -0.15) is 0 Å². The van der Waals surface area contributed by atoms with E-state index in [-0.39, 0.29) is 12.5 Å². The van der Waals surface area contributed by atoms with Crippen LogP contribution in [0.1, 0.15) is 18.1 Å². The molecular formula is C14H19NO4. The molecule has 1 aromatic carbocycles. The van der Waals surface area contributed by atoms with Crippen molar-refractivity contribution in [3.05, 3.63) is 29.8 Å². The molecule has 19 heavy (non-hydrogen) atoms. The van der Waals surface area contributed by atoms with Crippen LogP contribution in [0.25, 0.3) is 0 Å². The molecule has 0 aliphatic carbocycles. The Labute approximate surface area is 112 Å². The second-order valence-electron chi connectivity index (χ2n) is 4.58. The van der Waals surface area contributed by atoms with Gasteiger partial charge < -0.3 is 14.6 Å². The zero-order chi connectivity index (χ0) is 13.7. The zero-order valence-electron chi connectivity index (χ0n) is 11.0. The smallest absolute Gasteiger partial charge is 0.304 e. The van der Waals surface area contributed by atoms with E-state index in [0.29, 0.717) is 13.2 Å². The van der Waals surface area contributed by atoms with Crippen LogP contribution in [0, 0.1) is 0 Å². The maximum atomic E-state index is 10.6. The van der Waals surface area contributed by atoms with Crippen molar-refractivity contribution < 1.29 is 19.4 Å². The number of methoxy groups -OCH3 is 1. The van der Waals surface area contributed by atoms with Crippen LogP contribution in [0.5, 0.6) is 5.75 Å². The molecule has 1 aliphatic rings. The molecule has 1 fully saturated rings. The van der Waals surface area contributed by atoms with Crippen LogP contribution in [0.4, 0.5) is 0 Å². The maximum absolute atomic E-state index is 10.6. The second-order valence-corrected chi connectivity index (χ2v) is 4.58. The lowest BCUT2D eigenvalue weighted by Crippen LogP contribution is -2.39. The van der Waals surface area contributed by atoms with Gasteiger partial charge in [-0.15, -0.1) is 0 Å². The number of morpholine rings is 1. The molecule has 0 bridgehead atoms. The van der Waals surface area contributed by atoms with Crippen LogP contribution in [-0.2, 0) is 9.53 Å². The number of nitrogens with zero attached hydrogens (tertiary/aromatic N) is 1. The van der Waals surface area contributed by atoms with Gasteiger partial charge in [0.15, 0.2) is 0 Å². The summed E-state index contributed by atoms with van der Waals surface area (Å²) in [7, 11) is 1.64. The van der Waals surface area contributed by atoms with Gasteiger partial charge in [-0.05, 0) is 17.7 Å². The molecule has 1 heterocycles. The summed E-state index contributed by atoms with van der Waals surface area (Å²) in [5.41, 5.74) is 1.07. The number of hydrogen-bond acceptors (Lipinski definition) is 4. The lowest BCUT2D eigenvalue weighted by atomic mass is 10.1. The van der Waals surface area contributed by atoms with Crippen LogP contribution >= 0.6 is 0 Å². The second kappa shape index (κ2) is 6.54. The van der Waals surface area contributed by atoms with Gasteiger partial charge in [0, 0.05) is 19.6 Å². The lowest BCUT2D eigenvalue weighted by molar-refractivity contribution is -0.137. The van der Waals surface area contributed by atoms with Crippen molar-refractivity contribution in [2.75, 3.05) is 33.4 Å². The van der Waals surface area contributed by atoms with Gasteiger partial charge in [-0.3, -0.25) is 9.69 Å². The molecule has 0 aromatic heterocycles. The van der Waals surface area contributed by atoms with E-state index >= 15 is 0 Å².